The van der Waals surface area contributed by atoms with Crippen LogP contribution in [0.3, 0.4) is 0 Å². The number of nitrogens with one attached hydrogen (secondary N) is 1. The third-order valence-electron chi connectivity index (χ3n) is 4.52. The molecule has 5 atom stereocenters. The molecule has 104 valence electrons. The highest BCUT2D eigenvalue weighted by atomic mass is 16.5. The number of carbonyl (C=O) groups is 2. The van der Waals surface area contributed by atoms with Crippen LogP contribution in [-0.2, 0) is 14.3 Å². The van der Waals surface area contributed by atoms with Gasteiger partial charge in [0.15, 0.2) is 0 Å². The van der Waals surface area contributed by atoms with Crippen LogP contribution in [0.1, 0.15) is 32.1 Å². The first-order valence-electron chi connectivity index (χ1n) is 6.99. The van der Waals surface area contributed by atoms with E-state index < -0.39 is 17.8 Å². The van der Waals surface area contributed by atoms with Gasteiger partial charge in [-0.05, 0) is 32.1 Å². The van der Waals surface area contributed by atoms with Crippen molar-refractivity contribution in [3.8, 4) is 0 Å². The lowest BCUT2D eigenvalue weighted by Gasteiger charge is -2.27. The maximum absolute atomic E-state index is 12.3. The average molecular weight is 265 g/mol. The Morgan fingerprint density at radius 1 is 1.16 bits per heavy atom. The predicted octanol–water partition coefficient (Wildman–Crippen LogP) is 1.09. The van der Waals surface area contributed by atoms with Crippen LogP contribution in [0.25, 0.3) is 0 Å². The van der Waals surface area contributed by atoms with E-state index in [9.17, 15) is 14.7 Å². The third-order valence-corrected chi connectivity index (χ3v) is 4.52. The molecule has 1 aliphatic carbocycles. The normalized spacial score (nSPS) is 40.3. The quantitative estimate of drug-likeness (QED) is 0.749. The van der Waals surface area contributed by atoms with Crippen molar-refractivity contribution in [3.63, 3.8) is 0 Å². The van der Waals surface area contributed by atoms with Gasteiger partial charge in [-0.1, -0.05) is 12.2 Å². The number of allylic oxidation sites excluding steroid dienone is 2. The molecule has 19 heavy (non-hydrogen) atoms. The second-order valence-corrected chi connectivity index (χ2v) is 5.72. The van der Waals surface area contributed by atoms with Crippen LogP contribution >= 0.6 is 0 Å². The Labute approximate surface area is 112 Å². The molecular weight excluding hydrogens is 246 g/mol. The fourth-order valence-corrected chi connectivity index (χ4v) is 3.46. The Bertz CT molecular complexity index is 420. The summed E-state index contributed by atoms with van der Waals surface area (Å²) in [5, 5.41) is 12.2. The molecule has 3 aliphatic rings. The fourth-order valence-electron chi connectivity index (χ4n) is 3.46. The van der Waals surface area contributed by atoms with Crippen LogP contribution in [0, 0.1) is 11.8 Å². The Balaban J connectivity index is 1.63. The van der Waals surface area contributed by atoms with E-state index in [-0.39, 0.29) is 24.2 Å². The molecular formula is C14H19NO4. The molecule has 5 heteroatoms. The fraction of sp³-hybridized carbons (Fsp3) is 0.714. The summed E-state index contributed by atoms with van der Waals surface area (Å²) in [4.78, 5) is 23.5. The summed E-state index contributed by atoms with van der Waals surface area (Å²) < 4.78 is 5.70. The maximum Gasteiger partial charge on any atom is 0.307 e. The number of carboxylic acids is 1. The molecule has 2 heterocycles. The van der Waals surface area contributed by atoms with Crippen molar-refractivity contribution in [2.45, 2.75) is 50.4 Å². The van der Waals surface area contributed by atoms with Crippen LogP contribution in [0.4, 0.5) is 0 Å². The number of amides is 1. The van der Waals surface area contributed by atoms with Gasteiger partial charge in [-0.15, -0.1) is 0 Å². The maximum atomic E-state index is 12.3. The number of fused-ring (bicyclic) bond motifs is 2. The summed E-state index contributed by atoms with van der Waals surface area (Å²) in [5.41, 5.74) is 0. The minimum atomic E-state index is -0.881. The largest absolute Gasteiger partial charge is 0.481 e. The van der Waals surface area contributed by atoms with E-state index in [1.165, 1.54) is 0 Å². The van der Waals surface area contributed by atoms with E-state index in [2.05, 4.69) is 5.32 Å². The molecule has 5 nitrogen and oxygen atoms in total. The first kappa shape index (κ1) is 12.7. The minimum absolute atomic E-state index is 0.0756. The zero-order valence-electron chi connectivity index (χ0n) is 10.7. The number of carbonyl (C=O) groups excluding carboxylic acids is 1. The first-order valence-corrected chi connectivity index (χ1v) is 6.99. The van der Waals surface area contributed by atoms with Crippen LogP contribution in [0.5, 0.6) is 0 Å². The molecule has 3 rings (SSSR count). The van der Waals surface area contributed by atoms with Crippen molar-refractivity contribution in [3.05, 3.63) is 12.2 Å². The number of hydrogen-bond donors (Lipinski definition) is 2. The van der Waals surface area contributed by atoms with Gasteiger partial charge >= 0.3 is 5.97 Å². The molecule has 1 amide bonds. The average Bonchev–Trinajstić information content (AvgIpc) is 3.01. The highest BCUT2D eigenvalue weighted by Gasteiger charge is 2.43. The van der Waals surface area contributed by atoms with E-state index in [4.69, 9.17) is 4.74 Å². The highest BCUT2D eigenvalue weighted by Crippen LogP contribution is 2.35. The summed E-state index contributed by atoms with van der Waals surface area (Å²) in [7, 11) is 0. The topological polar surface area (TPSA) is 75.6 Å². The zero-order valence-corrected chi connectivity index (χ0v) is 10.7. The van der Waals surface area contributed by atoms with Crippen molar-refractivity contribution in [1.29, 1.82) is 0 Å². The molecule has 0 aromatic heterocycles. The van der Waals surface area contributed by atoms with Crippen molar-refractivity contribution in [2.24, 2.45) is 11.8 Å². The summed E-state index contributed by atoms with van der Waals surface area (Å²) in [5.74, 6) is -2.04. The van der Waals surface area contributed by atoms with E-state index in [1.807, 2.05) is 12.2 Å². The van der Waals surface area contributed by atoms with Crippen LogP contribution in [0.2, 0.25) is 0 Å². The second-order valence-electron chi connectivity index (χ2n) is 5.72. The van der Waals surface area contributed by atoms with Gasteiger partial charge in [0.1, 0.15) is 0 Å². The molecule has 2 aliphatic heterocycles. The van der Waals surface area contributed by atoms with Gasteiger partial charge in [0.2, 0.25) is 5.91 Å². The lowest BCUT2D eigenvalue weighted by Crippen LogP contribution is -2.46. The van der Waals surface area contributed by atoms with Crippen LogP contribution in [-0.4, -0.2) is 35.2 Å². The minimum Gasteiger partial charge on any atom is -0.481 e. The monoisotopic (exact) mass is 265 g/mol. The molecule has 0 saturated carbocycles. The van der Waals surface area contributed by atoms with Gasteiger partial charge in [-0.25, -0.2) is 0 Å². The predicted molar refractivity (Wildman–Crippen MR) is 67.4 cm³/mol. The molecule has 2 saturated heterocycles. The van der Waals surface area contributed by atoms with E-state index in [0.29, 0.717) is 12.8 Å². The number of rotatable bonds is 3. The Morgan fingerprint density at radius 3 is 2.47 bits per heavy atom. The molecule has 2 bridgehead atoms. The van der Waals surface area contributed by atoms with Crippen molar-refractivity contribution < 1.29 is 19.4 Å². The molecule has 0 aromatic carbocycles. The van der Waals surface area contributed by atoms with Crippen molar-refractivity contribution in [2.75, 3.05) is 0 Å². The van der Waals surface area contributed by atoms with E-state index in [1.54, 1.807) is 0 Å². The number of carboxylic acid groups (broad SMARTS) is 1. The van der Waals surface area contributed by atoms with Crippen LogP contribution < -0.4 is 5.32 Å². The molecule has 3 unspecified atom stereocenters. The van der Waals surface area contributed by atoms with Crippen LogP contribution in [0.15, 0.2) is 12.2 Å². The van der Waals surface area contributed by atoms with Crippen molar-refractivity contribution in [1.82, 2.24) is 5.32 Å². The summed E-state index contributed by atoms with van der Waals surface area (Å²) >= 11 is 0. The van der Waals surface area contributed by atoms with E-state index in [0.717, 1.165) is 19.3 Å². The Kier molecular flexibility index (Phi) is 3.31. The number of aliphatic carboxylic acids is 1. The second kappa shape index (κ2) is 4.96. The van der Waals surface area contributed by atoms with Gasteiger partial charge in [0.05, 0.1) is 30.1 Å². The Morgan fingerprint density at radius 2 is 1.89 bits per heavy atom. The lowest BCUT2D eigenvalue weighted by molar-refractivity contribution is -0.147. The highest BCUT2D eigenvalue weighted by molar-refractivity contribution is 5.85. The lowest BCUT2D eigenvalue weighted by atomic mass is 9.82. The molecule has 2 N–H and O–H groups in total. The first-order chi connectivity index (χ1) is 9.15. The van der Waals surface area contributed by atoms with Gasteiger partial charge in [-0.2, -0.15) is 0 Å². The molecule has 0 spiro atoms. The van der Waals surface area contributed by atoms with E-state index >= 15 is 0 Å². The zero-order chi connectivity index (χ0) is 13.4. The number of hydrogen-bond acceptors (Lipinski definition) is 3. The standard InChI is InChI=1S/C14H19NO4/c16-13(9-3-1-2-4-10(9)14(17)18)15-11-7-8-5-6-12(11)19-8/h1-2,8-12H,3-7H2,(H,15,16)(H,17,18)/t8?,9-,10+,11?,12?/m1/s1. The molecule has 2 fully saturated rings. The molecule has 0 aromatic rings. The van der Waals surface area contributed by atoms with Gasteiger partial charge < -0.3 is 15.2 Å². The van der Waals surface area contributed by atoms with Crippen molar-refractivity contribution >= 4 is 11.9 Å². The summed E-state index contributed by atoms with van der Waals surface area (Å²) in [6.07, 6.45) is 8.10. The summed E-state index contributed by atoms with van der Waals surface area (Å²) in [6.45, 7) is 0. The SMILES string of the molecule is O=C(O)[C@H]1CC=CC[C@H]1C(=O)NC1CC2CCC1O2. The molecule has 0 radical (unpaired) electrons. The third kappa shape index (κ3) is 2.39. The number of ether oxygens (including phenoxy) is 1. The van der Waals surface area contributed by atoms with Gasteiger partial charge in [0.25, 0.3) is 0 Å². The summed E-state index contributed by atoms with van der Waals surface area (Å²) in [6, 6.07) is 0.0756. The van der Waals surface area contributed by atoms with Gasteiger partial charge in [-0.3, -0.25) is 9.59 Å². The van der Waals surface area contributed by atoms with Gasteiger partial charge in [0, 0.05) is 0 Å². The smallest absolute Gasteiger partial charge is 0.307 e. The Hall–Kier alpha value is -1.36.